The summed E-state index contributed by atoms with van der Waals surface area (Å²) in [6.07, 6.45) is 1.54. The zero-order valence-electron chi connectivity index (χ0n) is 12.1. The first-order valence-corrected chi connectivity index (χ1v) is 6.98. The number of hydrogen-bond donors (Lipinski definition) is 0. The van der Waals surface area contributed by atoms with Crippen LogP contribution in [0.4, 0.5) is 0 Å². The Kier molecular flexibility index (Phi) is 3.70. The molecule has 0 bridgehead atoms. The predicted molar refractivity (Wildman–Crippen MR) is 77.5 cm³/mol. The fourth-order valence-electron chi connectivity index (χ4n) is 2.36. The number of amides is 1. The van der Waals surface area contributed by atoms with Gasteiger partial charge in [0.15, 0.2) is 0 Å². The van der Waals surface area contributed by atoms with Crippen LogP contribution >= 0.6 is 0 Å². The molecule has 2 aromatic rings. The largest absolute Gasteiger partial charge is 0.372 e. The summed E-state index contributed by atoms with van der Waals surface area (Å²) in [6.45, 7) is 3.08. The lowest BCUT2D eigenvalue weighted by atomic mass is 10.1. The molecule has 1 saturated heterocycles. The first-order valence-electron chi connectivity index (χ1n) is 6.98. The molecule has 0 N–H and O–H groups in total. The van der Waals surface area contributed by atoms with E-state index in [4.69, 9.17) is 4.74 Å². The van der Waals surface area contributed by atoms with Gasteiger partial charge in [0.05, 0.1) is 12.2 Å². The zero-order valence-corrected chi connectivity index (χ0v) is 12.1. The van der Waals surface area contributed by atoms with Crippen molar-refractivity contribution < 1.29 is 9.53 Å². The second kappa shape index (κ2) is 5.65. The molecule has 1 aromatic carbocycles. The average molecular weight is 286 g/mol. The fraction of sp³-hybridized carbons (Fsp3) is 0.400. The highest BCUT2D eigenvalue weighted by Gasteiger charge is 2.34. The molecule has 0 saturated carbocycles. The number of benzene rings is 1. The van der Waals surface area contributed by atoms with Gasteiger partial charge in [-0.25, -0.2) is 4.68 Å². The van der Waals surface area contributed by atoms with Crippen molar-refractivity contribution in [1.82, 2.24) is 19.9 Å². The Labute approximate surface area is 123 Å². The third kappa shape index (κ3) is 2.67. The highest BCUT2D eigenvalue weighted by atomic mass is 16.5. The van der Waals surface area contributed by atoms with Crippen molar-refractivity contribution in [3.8, 4) is 11.3 Å². The lowest BCUT2D eigenvalue weighted by Crippen LogP contribution is -2.53. The highest BCUT2D eigenvalue weighted by molar-refractivity contribution is 5.81. The van der Waals surface area contributed by atoms with Crippen molar-refractivity contribution in [3.63, 3.8) is 0 Å². The van der Waals surface area contributed by atoms with Crippen molar-refractivity contribution in [3.05, 3.63) is 36.5 Å². The Morgan fingerprint density at radius 2 is 2.05 bits per heavy atom. The van der Waals surface area contributed by atoms with E-state index in [-0.39, 0.29) is 18.1 Å². The van der Waals surface area contributed by atoms with Gasteiger partial charge in [-0.05, 0) is 6.92 Å². The molecule has 21 heavy (non-hydrogen) atoms. The molecular formula is C15H18N4O2. The van der Waals surface area contributed by atoms with Crippen molar-refractivity contribution in [1.29, 1.82) is 0 Å². The summed E-state index contributed by atoms with van der Waals surface area (Å²) < 4.78 is 6.88. The van der Waals surface area contributed by atoms with Gasteiger partial charge in [-0.1, -0.05) is 35.5 Å². The molecule has 0 aliphatic carbocycles. The molecule has 1 unspecified atom stereocenters. The highest BCUT2D eigenvalue weighted by Crippen LogP contribution is 2.23. The molecule has 0 radical (unpaired) electrons. The molecule has 6 nitrogen and oxygen atoms in total. The standard InChI is InChI=1S/C15H18N4O2/c1-11(21-2)15(20)18-8-13(9-18)19-10-14(16-17-19)12-6-4-3-5-7-12/h3-7,10-11,13H,8-9H2,1-2H3. The number of carbonyl (C=O) groups is 1. The van der Waals surface area contributed by atoms with E-state index in [9.17, 15) is 4.79 Å². The third-order valence-electron chi connectivity index (χ3n) is 3.83. The summed E-state index contributed by atoms with van der Waals surface area (Å²) in [5, 5.41) is 8.37. The number of aromatic nitrogens is 3. The predicted octanol–water partition coefficient (Wildman–Crippen LogP) is 1.36. The zero-order chi connectivity index (χ0) is 14.8. The smallest absolute Gasteiger partial charge is 0.251 e. The van der Waals surface area contributed by atoms with E-state index in [0.29, 0.717) is 13.1 Å². The fourth-order valence-corrected chi connectivity index (χ4v) is 2.36. The number of methoxy groups -OCH3 is 1. The summed E-state index contributed by atoms with van der Waals surface area (Å²) in [7, 11) is 1.55. The molecule has 1 fully saturated rings. The van der Waals surface area contributed by atoms with Gasteiger partial charge in [-0.15, -0.1) is 5.10 Å². The molecule has 110 valence electrons. The normalized spacial score (nSPS) is 16.6. The van der Waals surface area contributed by atoms with Crippen LogP contribution in [0.3, 0.4) is 0 Å². The number of carbonyl (C=O) groups excluding carboxylic acids is 1. The lowest BCUT2D eigenvalue weighted by Gasteiger charge is -2.39. The Bertz CT molecular complexity index is 620. The molecule has 1 aromatic heterocycles. The van der Waals surface area contributed by atoms with Gasteiger partial charge in [0, 0.05) is 25.8 Å². The molecule has 1 aliphatic heterocycles. The molecule has 2 heterocycles. The van der Waals surface area contributed by atoms with Crippen molar-refractivity contribution >= 4 is 5.91 Å². The second-order valence-corrected chi connectivity index (χ2v) is 5.22. The molecule has 1 aliphatic rings. The van der Waals surface area contributed by atoms with Gasteiger partial charge < -0.3 is 9.64 Å². The van der Waals surface area contributed by atoms with Crippen LogP contribution in [-0.4, -0.2) is 52.1 Å². The Morgan fingerprint density at radius 3 is 2.71 bits per heavy atom. The number of ether oxygens (including phenoxy) is 1. The topological polar surface area (TPSA) is 60.2 Å². The van der Waals surface area contributed by atoms with Crippen LogP contribution in [0.5, 0.6) is 0 Å². The molecule has 1 atom stereocenters. The van der Waals surface area contributed by atoms with Gasteiger partial charge in [-0.2, -0.15) is 0 Å². The maximum Gasteiger partial charge on any atom is 0.251 e. The van der Waals surface area contributed by atoms with E-state index in [1.54, 1.807) is 18.9 Å². The first-order chi connectivity index (χ1) is 10.2. The van der Waals surface area contributed by atoms with E-state index in [2.05, 4.69) is 10.3 Å². The van der Waals surface area contributed by atoms with Crippen LogP contribution in [0.2, 0.25) is 0 Å². The van der Waals surface area contributed by atoms with Crippen molar-refractivity contribution in [2.75, 3.05) is 20.2 Å². The first kappa shape index (κ1) is 13.8. The van der Waals surface area contributed by atoms with E-state index < -0.39 is 0 Å². The third-order valence-corrected chi connectivity index (χ3v) is 3.83. The summed E-state index contributed by atoms with van der Waals surface area (Å²) in [4.78, 5) is 13.7. The van der Waals surface area contributed by atoms with Crippen LogP contribution in [0, 0.1) is 0 Å². The minimum atomic E-state index is -0.387. The second-order valence-electron chi connectivity index (χ2n) is 5.22. The number of nitrogens with zero attached hydrogens (tertiary/aromatic N) is 4. The van der Waals surface area contributed by atoms with Gasteiger partial charge in [-0.3, -0.25) is 4.79 Å². The van der Waals surface area contributed by atoms with Gasteiger partial charge in [0.1, 0.15) is 11.8 Å². The molecule has 1 amide bonds. The maximum atomic E-state index is 11.9. The van der Waals surface area contributed by atoms with Crippen LogP contribution in [0.15, 0.2) is 36.5 Å². The minimum absolute atomic E-state index is 0.0251. The van der Waals surface area contributed by atoms with Crippen molar-refractivity contribution in [2.45, 2.75) is 19.1 Å². The number of rotatable bonds is 4. The van der Waals surface area contributed by atoms with Crippen LogP contribution in [0.1, 0.15) is 13.0 Å². The number of hydrogen-bond acceptors (Lipinski definition) is 4. The van der Waals surface area contributed by atoms with Crippen molar-refractivity contribution in [2.24, 2.45) is 0 Å². The van der Waals surface area contributed by atoms with E-state index in [1.807, 2.05) is 41.2 Å². The Balaban J connectivity index is 1.63. The number of likely N-dealkylation sites (tertiary alicyclic amines) is 1. The summed E-state index contributed by atoms with van der Waals surface area (Å²) >= 11 is 0. The summed E-state index contributed by atoms with van der Waals surface area (Å²) in [5.41, 5.74) is 1.90. The molecular weight excluding hydrogens is 268 g/mol. The molecule has 3 rings (SSSR count). The van der Waals surface area contributed by atoms with Crippen LogP contribution in [0.25, 0.3) is 11.3 Å². The maximum absolute atomic E-state index is 11.9. The Morgan fingerprint density at radius 1 is 1.33 bits per heavy atom. The van der Waals surface area contributed by atoms with Gasteiger partial charge in [0.2, 0.25) is 0 Å². The summed E-state index contributed by atoms with van der Waals surface area (Å²) in [5.74, 6) is 0.0251. The Hall–Kier alpha value is -2.21. The lowest BCUT2D eigenvalue weighted by molar-refractivity contribution is -0.147. The molecule has 0 spiro atoms. The van der Waals surface area contributed by atoms with E-state index >= 15 is 0 Å². The minimum Gasteiger partial charge on any atom is -0.372 e. The quantitative estimate of drug-likeness (QED) is 0.851. The van der Waals surface area contributed by atoms with Gasteiger partial charge in [0.25, 0.3) is 5.91 Å². The average Bonchev–Trinajstić information content (AvgIpc) is 2.95. The SMILES string of the molecule is COC(C)C(=O)N1CC(n2cc(-c3ccccc3)nn2)C1. The van der Waals surface area contributed by atoms with Crippen LogP contribution in [-0.2, 0) is 9.53 Å². The monoisotopic (exact) mass is 286 g/mol. The summed E-state index contributed by atoms with van der Waals surface area (Å²) in [6, 6.07) is 10.1. The van der Waals surface area contributed by atoms with Crippen LogP contribution < -0.4 is 0 Å². The molecule has 6 heteroatoms. The van der Waals surface area contributed by atoms with E-state index in [0.717, 1.165) is 11.3 Å². The van der Waals surface area contributed by atoms with Gasteiger partial charge >= 0.3 is 0 Å². The van der Waals surface area contributed by atoms with E-state index in [1.165, 1.54) is 0 Å².